The number of alkyl halides is 3. The van der Waals surface area contributed by atoms with Crippen LogP contribution >= 0.6 is 0 Å². The molecule has 0 unspecified atom stereocenters. The summed E-state index contributed by atoms with van der Waals surface area (Å²) in [6.07, 6.45) is -3.36. The molecule has 1 aromatic rings. The van der Waals surface area contributed by atoms with Gasteiger partial charge in [0, 0.05) is 13.1 Å². The minimum absolute atomic E-state index is 0.134. The molecule has 0 bridgehead atoms. The van der Waals surface area contributed by atoms with Crippen molar-refractivity contribution < 1.29 is 22.7 Å². The third-order valence-electron chi connectivity index (χ3n) is 2.75. The molecular weight excluding hydrogens is 247 g/mol. The Morgan fingerprint density at radius 1 is 1.22 bits per heavy atom. The highest BCUT2D eigenvalue weighted by Gasteiger charge is 2.30. The molecule has 18 heavy (non-hydrogen) atoms. The van der Waals surface area contributed by atoms with Crippen LogP contribution in [-0.4, -0.2) is 30.5 Å². The standard InChI is InChI=1S/C12H12F3NO2/c13-12(14,15)9-2-4-10(5-3-9)18-8-11(17)16-6-1-7-16/h2-5H,1,6-8H2. The first kappa shape index (κ1) is 12.7. The van der Waals surface area contributed by atoms with Gasteiger partial charge in [0.1, 0.15) is 5.75 Å². The van der Waals surface area contributed by atoms with E-state index < -0.39 is 11.7 Å². The number of benzene rings is 1. The fourth-order valence-corrected chi connectivity index (χ4v) is 1.54. The van der Waals surface area contributed by atoms with Crippen molar-refractivity contribution in [2.24, 2.45) is 0 Å². The minimum atomic E-state index is -4.36. The summed E-state index contributed by atoms with van der Waals surface area (Å²) in [5, 5.41) is 0. The average molecular weight is 259 g/mol. The fourth-order valence-electron chi connectivity index (χ4n) is 1.54. The van der Waals surface area contributed by atoms with E-state index in [0.29, 0.717) is 0 Å². The molecule has 0 aromatic heterocycles. The van der Waals surface area contributed by atoms with Crippen molar-refractivity contribution in [3.63, 3.8) is 0 Å². The van der Waals surface area contributed by atoms with Gasteiger partial charge in [-0.25, -0.2) is 0 Å². The molecule has 0 aliphatic carbocycles. The molecule has 1 aliphatic rings. The van der Waals surface area contributed by atoms with Gasteiger partial charge in [0.2, 0.25) is 0 Å². The van der Waals surface area contributed by atoms with Gasteiger partial charge in [-0.05, 0) is 30.7 Å². The maximum atomic E-state index is 12.3. The van der Waals surface area contributed by atoms with Gasteiger partial charge in [0.15, 0.2) is 6.61 Å². The third kappa shape index (κ3) is 2.94. The molecule has 98 valence electrons. The lowest BCUT2D eigenvalue weighted by Gasteiger charge is -2.30. The van der Waals surface area contributed by atoms with Crippen molar-refractivity contribution in [1.82, 2.24) is 4.90 Å². The summed E-state index contributed by atoms with van der Waals surface area (Å²) in [7, 11) is 0. The Hall–Kier alpha value is -1.72. The SMILES string of the molecule is O=C(COc1ccc(C(F)(F)F)cc1)N1CCC1. The molecule has 1 amide bonds. The number of carbonyl (C=O) groups is 1. The number of hydrogen-bond acceptors (Lipinski definition) is 2. The van der Waals surface area contributed by atoms with E-state index in [2.05, 4.69) is 0 Å². The Bertz CT molecular complexity index is 424. The van der Waals surface area contributed by atoms with Crippen molar-refractivity contribution in [3.05, 3.63) is 29.8 Å². The van der Waals surface area contributed by atoms with E-state index in [1.807, 2.05) is 0 Å². The Labute approximate surface area is 102 Å². The van der Waals surface area contributed by atoms with Gasteiger partial charge in [0.05, 0.1) is 5.56 Å². The predicted molar refractivity (Wildman–Crippen MR) is 58.1 cm³/mol. The third-order valence-corrected chi connectivity index (χ3v) is 2.75. The van der Waals surface area contributed by atoms with Crippen LogP contribution in [-0.2, 0) is 11.0 Å². The summed E-state index contributed by atoms with van der Waals surface area (Å²) in [6.45, 7) is 1.33. The largest absolute Gasteiger partial charge is 0.484 e. The second-order valence-electron chi connectivity index (χ2n) is 4.05. The normalized spacial score (nSPS) is 15.2. The summed E-state index contributed by atoms with van der Waals surface area (Å²) in [6, 6.07) is 4.30. The number of nitrogens with zero attached hydrogens (tertiary/aromatic N) is 1. The number of carbonyl (C=O) groups excluding carboxylic acids is 1. The maximum Gasteiger partial charge on any atom is 0.416 e. The lowest BCUT2D eigenvalue weighted by molar-refractivity contribution is -0.138. The first-order valence-corrected chi connectivity index (χ1v) is 5.54. The smallest absolute Gasteiger partial charge is 0.416 e. The second-order valence-corrected chi connectivity index (χ2v) is 4.05. The monoisotopic (exact) mass is 259 g/mol. The van der Waals surface area contributed by atoms with Crippen LogP contribution in [0.15, 0.2) is 24.3 Å². The highest BCUT2D eigenvalue weighted by atomic mass is 19.4. The number of likely N-dealkylation sites (tertiary alicyclic amines) is 1. The highest BCUT2D eigenvalue weighted by molar-refractivity contribution is 5.78. The van der Waals surface area contributed by atoms with Gasteiger partial charge in [-0.3, -0.25) is 4.79 Å². The van der Waals surface area contributed by atoms with Crippen LogP contribution in [0, 0.1) is 0 Å². The Kier molecular flexibility index (Phi) is 3.45. The van der Waals surface area contributed by atoms with Crippen molar-refractivity contribution >= 4 is 5.91 Å². The number of hydrogen-bond donors (Lipinski definition) is 0. The van der Waals surface area contributed by atoms with Crippen LogP contribution in [0.3, 0.4) is 0 Å². The quantitative estimate of drug-likeness (QED) is 0.833. The Morgan fingerprint density at radius 3 is 2.28 bits per heavy atom. The van der Waals surface area contributed by atoms with Crippen LogP contribution in [0.4, 0.5) is 13.2 Å². The molecule has 2 rings (SSSR count). The van der Waals surface area contributed by atoms with Gasteiger partial charge < -0.3 is 9.64 Å². The zero-order valence-corrected chi connectivity index (χ0v) is 9.54. The van der Waals surface area contributed by atoms with Crippen LogP contribution in [0.25, 0.3) is 0 Å². The van der Waals surface area contributed by atoms with Crippen molar-refractivity contribution in [3.8, 4) is 5.75 Å². The molecule has 1 fully saturated rings. The maximum absolute atomic E-state index is 12.3. The molecular formula is C12H12F3NO2. The molecule has 0 radical (unpaired) electrons. The van der Waals surface area contributed by atoms with E-state index in [4.69, 9.17) is 4.74 Å². The van der Waals surface area contributed by atoms with E-state index in [1.165, 1.54) is 12.1 Å². The molecule has 0 saturated carbocycles. The van der Waals surface area contributed by atoms with Gasteiger partial charge in [-0.2, -0.15) is 13.2 Å². The van der Waals surface area contributed by atoms with E-state index in [9.17, 15) is 18.0 Å². The average Bonchev–Trinajstić information content (AvgIpc) is 2.23. The van der Waals surface area contributed by atoms with E-state index in [0.717, 1.165) is 31.6 Å². The number of halogens is 3. The van der Waals surface area contributed by atoms with Crippen LogP contribution in [0.5, 0.6) is 5.75 Å². The molecule has 3 nitrogen and oxygen atoms in total. The number of rotatable bonds is 3. The minimum Gasteiger partial charge on any atom is -0.484 e. The van der Waals surface area contributed by atoms with Crippen molar-refractivity contribution in [2.45, 2.75) is 12.6 Å². The number of ether oxygens (including phenoxy) is 1. The molecule has 1 saturated heterocycles. The summed E-state index contributed by atoms with van der Waals surface area (Å²) in [5.41, 5.74) is -0.732. The first-order valence-electron chi connectivity index (χ1n) is 5.54. The lowest BCUT2D eigenvalue weighted by Crippen LogP contribution is -2.44. The molecule has 1 heterocycles. The summed E-state index contributed by atoms with van der Waals surface area (Å²) >= 11 is 0. The predicted octanol–water partition coefficient (Wildman–Crippen LogP) is 2.32. The first-order chi connectivity index (χ1) is 8.47. The Morgan fingerprint density at radius 2 is 1.83 bits per heavy atom. The molecule has 0 N–H and O–H groups in total. The molecule has 0 atom stereocenters. The molecule has 0 spiro atoms. The number of amides is 1. The van der Waals surface area contributed by atoms with Crippen molar-refractivity contribution in [1.29, 1.82) is 0 Å². The fraction of sp³-hybridized carbons (Fsp3) is 0.417. The lowest BCUT2D eigenvalue weighted by atomic mass is 10.2. The van der Waals surface area contributed by atoms with Gasteiger partial charge in [0.25, 0.3) is 5.91 Å². The highest BCUT2D eigenvalue weighted by Crippen LogP contribution is 2.30. The summed E-state index contributed by atoms with van der Waals surface area (Å²) in [4.78, 5) is 13.1. The summed E-state index contributed by atoms with van der Waals surface area (Å²) < 4.78 is 42.0. The second kappa shape index (κ2) is 4.88. The zero-order chi connectivity index (χ0) is 13.2. The Balaban J connectivity index is 1.88. The zero-order valence-electron chi connectivity index (χ0n) is 9.54. The van der Waals surface area contributed by atoms with Gasteiger partial charge in [-0.1, -0.05) is 0 Å². The van der Waals surface area contributed by atoms with E-state index >= 15 is 0 Å². The molecule has 6 heteroatoms. The van der Waals surface area contributed by atoms with Crippen LogP contribution in [0.1, 0.15) is 12.0 Å². The molecule has 1 aliphatic heterocycles. The van der Waals surface area contributed by atoms with E-state index in [-0.39, 0.29) is 18.3 Å². The van der Waals surface area contributed by atoms with E-state index in [1.54, 1.807) is 4.90 Å². The van der Waals surface area contributed by atoms with Crippen molar-refractivity contribution in [2.75, 3.05) is 19.7 Å². The molecule has 1 aromatic carbocycles. The summed E-state index contributed by atoms with van der Waals surface area (Å²) in [5.74, 6) is 0.123. The van der Waals surface area contributed by atoms with Gasteiger partial charge in [-0.15, -0.1) is 0 Å². The van der Waals surface area contributed by atoms with Crippen LogP contribution in [0.2, 0.25) is 0 Å². The van der Waals surface area contributed by atoms with Gasteiger partial charge >= 0.3 is 6.18 Å². The van der Waals surface area contributed by atoms with Crippen LogP contribution < -0.4 is 4.74 Å². The topological polar surface area (TPSA) is 29.5 Å².